The van der Waals surface area contributed by atoms with Gasteiger partial charge in [0, 0.05) is 31.9 Å². The zero-order valence-corrected chi connectivity index (χ0v) is 14.4. The number of hydrogen-bond acceptors (Lipinski definition) is 4. The molecule has 0 aliphatic carbocycles. The van der Waals surface area contributed by atoms with Crippen molar-refractivity contribution >= 4 is 10.0 Å². The van der Waals surface area contributed by atoms with Crippen molar-refractivity contribution in [2.24, 2.45) is 7.05 Å². The summed E-state index contributed by atoms with van der Waals surface area (Å²) in [7, 11) is -0.747. The first kappa shape index (κ1) is 17.5. The quantitative estimate of drug-likeness (QED) is 0.826. The average Bonchev–Trinajstić information content (AvgIpc) is 2.94. The SMILES string of the molecule is Cc1nn(C)c(C)c1CN(C)S(=O)(=O)c1cnn(C(F)F)c1C. The predicted molar refractivity (Wildman–Crippen MR) is 79.6 cm³/mol. The lowest BCUT2D eigenvalue weighted by Crippen LogP contribution is -2.27. The van der Waals surface area contributed by atoms with Crippen LogP contribution in [0.1, 0.15) is 29.2 Å². The maximum Gasteiger partial charge on any atom is 0.333 e. The van der Waals surface area contributed by atoms with E-state index in [1.807, 2.05) is 6.92 Å². The molecule has 0 saturated carbocycles. The fraction of sp³-hybridized carbons (Fsp3) is 0.538. The summed E-state index contributed by atoms with van der Waals surface area (Å²) < 4.78 is 54.0. The Morgan fingerprint density at radius 1 is 1.26 bits per heavy atom. The number of rotatable bonds is 5. The highest BCUT2D eigenvalue weighted by atomic mass is 32.2. The largest absolute Gasteiger partial charge is 0.333 e. The molecule has 128 valence electrons. The second-order valence-corrected chi connectivity index (χ2v) is 7.36. The van der Waals surface area contributed by atoms with E-state index in [1.54, 1.807) is 18.7 Å². The lowest BCUT2D eigenvalue weighted by Gasteiger charge is -2.17. The molecule has 0 radical (unpaired) electrons. The van der Waals surface area contributed by atoms with Crippen LogP contribution in [0.5, 0.6) is 0 Å². The lowest BCUT2D eigenvalue weighted by atomic mass is 10.2. The van der Waals surface area contributed by atoms with Crippen molar-refractivity contribution in [3.8, 4) is 0 Å². The van der Waals surface area contributed by atoms with Gasteiger partial charge in [-0.05, 0) is 20.8 Å². The van der Waals surface area contributed by atoms with Gasteiger partial charge in [-0.3, -0.25) is 4.68 Å². The zero-order valence-electron chi connectivity index (χ0n) is 13.6. The van der Waals surface area contributed by atoms with Gasteiger partial charge in [-0.2, -0.15) is 23.3 Å². The third-order valence-electron chi connectivity index (χ3n) is 3.91. The number of nitrogens with zero attached hydrogens (tertiary/aromatic N) is 5. The highest BCUT2D eigenvalue weighted by Gasteiger charge is 2.28. The van der Waals surface area contributed by atoms with Crippen LogP contribution >= 0.6 is 0 Å². The fourth-order valence-corrected chi connectivity index (χ4v) is 3.66. The van der Waals surface area contributed by atoms with Gasteiger partial charge in [0.05, 0.1) is 17.6 Å². The molecule has 0 aromatic carbocycles. The van der Waals surface area contributed by atoms with E-state index in [-0.39, 0.29) is 17.1 Å². The van der Waals surface area contributed by atoms with Crippen LogP contribution in [0.2, 0.25) is 0 Å². The van der Waals surface area contributed by atoms with Crippen LogP contribution in [0.4, 0.5) is 8.78 Å². The monoisotopic (exact) mass is 347 g/mol. The van der Waals surface area contributed by atoms with Gasteiger partial charge in [0.1, 0.15) is 4.90 Å². The smallest absolute Gasteiger partial charge is 0.272 e. The molecule has 0 bridgehead atoms. The first-order chi connectivity index (χ1) is 10.6. The summed E-state index contributed by atoms with van der Waals surface area (Å²) in [6, 6.07) is 0. The third-order valence-corrected chi connectivity index (χ3v) is 5.82. The molecule has 2 rings (SSSR count). The summed E-state index contributed by atoms with van der Waals surface area (Å²) in [6.45, 7) is 2.17. The van der Waals surface area contributed by atoms with Gasteiger partial charge < -0.3 is 0 Å². The van der Waals surface area contributed by atoms with Crippen LogP contribution in [0, 0.1) is 20.8 Å². The number of sulfonamides is 1. The van der Waals surface area contributed by atoms with Crippen LogP contribution in [0.15, 0.2) is 11.1 Å². The molecule has 0 spiro atoms. The summed E-state index contributed by atoms with van der Waals surface area (Å²) in [5.41, 5.74) is 2.28. The molecule has 0 fully saturated rings. The van der Waals surface area contributed by atoms with Gasteiger partial charge in [-0.15, -0.1) is 0 Å². The molecule has 0 amide bonds. The molecule has 0 N–H and O–H groups in total. The van der Waals surface area contributed by atoms with Crippen LogP contribution in [-0.2, 0) is 23.6 Å². The van der Waals surface area contributed by atoms with Crippen molar-refractivity contribution in [3.63, 3.8) is 0 Å². The first-order valence-corrected chi connectivity index (χ1v) is 8.29. The second kappa shape index (κ2) is 6.00. The molecule has 0 atom stereocenters. The van der Waals surface area contributed by atoms with Crippen molar-refractivity contribution in [2.75, 3.05) is 7.05 Å². The summed E-state index contributed by atoms with van der Waals surface area (Å²) >= 11 is 0. The summed E-state index contributed by atoms with van der Waals surface area (Å²) in [5, 5.41) is 7.70. The van der Waals surface area contributed by atoms with Crippen molar-refractivity contribution in [1.29, 1.82) is 0 Å². The van der Waals surface area contributed by atoms with E-state index in [1.165, 1.54) is 14.0 Å². The van der Waals surface area contributed by atoms with Gasteiger partial charge in [0.15, 0.2) is 0 Å². The van der Waals surface area contributed by atoms with Gasteiger partial charge in [0.2, 0.25) is 10.0 Å². The number of halogens is 2. The number of aryl methyl sites for hydroxylation is 2. The second-order valence-electron chi connectivity index (χ2n) is 5.35. The normalized spacial score (nSPS) is 12.6. The van der Waals surface area contributed by atoms with Gasteiger partial charge >= 0.3 is 6.55 Å². The predicted octanol–water partition coefficient (Wildman–Crippen LogP) is 1.76. The Morgan fingerprint density at radius 2 is 1.87 bits per heavy atom. The maximum absolute atomic E-state index is 12.8. The molecule has 0 aliphatic heterocycles. The number of alkyl halides is 2. The van der Waals surface area contributed by atoms with Crippen molar-refractivity contribution in [2.45, 2.75) is 38.8 Å². The Bertz CT molecular complexity index is 826. The Morgan fingerprint density at radius 3 is 2.30 bits per heavy atom. The molecule has 2 aromatic heterocycles. The Kier molecular flexibility index (Phi) is 4.58. The molecule has 10 heteroatoms. The molecule has 7 nitrogen and oxygen atoms in total. The topological polar surface area (TPSA) is 73.0 Å². The third kappa shape index (κ3) is 3.00. The Labute approximate surface area is 133 Å². The Hall–Kier alpha value is -1.81. The van der Waals surface area contributed by atoms with E-state index in [9.17, 15) is 17.2 Å². The Balaban J connectivity index is 2.36. The van der Waals surface area contributed by atoms with E-state index < -0.39 is 16.6 Å². The van der Waals surface area contributed by atoms with E-state index in [4.69, 9.17) is 0 Å². The summed E-state index contributed by atoms with van der Waals surface area (Å²) in [4.78, 5) is -0.223. The van der Waals surface area contributed by atoms with E-state index in [2.05, 4.69) is 10.2 Å². The molecule has 0 unspecified atom stereocenters. The average molecular weight is 347 g/mol. The summed E-state index contributed by atoms with van der Waals surface area (Å²) in [5.74, 6) is 0. The highest BCUT2D eigenvalue weighted by molar-refractivity contribution is 7.89. The number of aromatic nitrogens is 4. The zero-order chi connectivity index (χ0) is 17.5. The maximum atomic E-state index is 12.8. The van der Waals surface area contributed by atoms with Gasteiger partial charge in [-0.25, -0.2) is 13.1 Å². The molecule has 23 heavy (non-hydrogen) atoms. The van der Waals surface area contributed by atoms with Gasteiger partial charge in [0.25, 0.3) is 0 Å². The highest BCUT2D eigenvalue weighted by Crippen LogP contribution is 2.24. The van der Waals surface area contributed by atoms with Crippen LogP contribution in [-0.4, -0.2) is 39.3 Å². The minimum atomic E-state index is -3.93. The van der Waals surface area contributed by atoms with E-state index in [0.29, 0.717) is 4.68 Å². The molecular formula is C13H19F2N5O2S. The molecular weight excluding hydrogens is 328 g/mol. The van der Waals surface area contributed by atoms with E-state index in [0.717, 1.165) is 27.5 Å². The molecule has 2 aromatic rings. The minimum Gasteiger partial charge on any atom is -0.272 e. The van der Waals surface area contributed by atoms with Gasteiger partial charge in [-0.1, -0.05) is 0 Å². The number of hydrogen-bond donors (Lipinski definition) is 0. The van der Waals surface area contributed by atoms with Crippen LogP contribution in [0.3, 0.4) is 0 Å². The molecule has 0 aliphatic rings. The fourth-order valence-electron chi connectivity index (χ4n) is 2.38. The summed E-state index contributed by atoms with van der Waals surface area (Å²) in [6.07, 6.45) is 0.955. The minimum absolute atomic E-state index is 0.0912. The van der Waals surface area contributed by atoms with Crippen LogP contribution < -0.4 is 0 Å². The van der Waals surface area contributed by atoms with E-state index >= 15 is 0 Å². The molecule has 0 saturated heterocycles. The van der Waals surface area contributed by atoms with Crippen molar-refractivity contribution in [1.82, 2.24) is 23.9 Å². The standard InChI is InChI=1S/C13H19F2N5O2S/c1-8-11(9(2)19(5)17-8)7-18(4)23(21,22)12-6-16-20(10(12)3)13(14)15/h6,13H,7H2,1-5H3. The van der Waals surface area contributed by atoms with Crippen molar-refractivity contribution in [3.05, 3.63) is 28.8 Å². The first-order valence-electron chi connectivity index (χ1n) is 6.85. The molecule has 2 heterocycles. The van der Waals surface area contributed by atoms with Crippen molar-refractivity contribution < 1.29 is 17.2 Å². The lowest BCUT2D eigenvalue weighted by molar-refractivity contribution is 0.0541. The van der Waals surface area contributed by atoms with Crippen LogP contribution in [0.25, 0.3) is 0 Å².